The Balaban J connectivity index is 2.25. The number of rotatable bonds is 4. The minimum absolute atomic E-state index is 0.194. The Morgan fingerprint density at radius 1 is 1.05 bits per heavy atom. The van der Waals surface area contributed by atoms with Crippen molar-refractivity contribution in [3.63, 3.8) is 0 Å². The second-order valence-corrected chi connectivity index (χ2v) is 5.54. The first-order chi connectivity index (χ1) is 10.5. The number of benzene rings is 2. The van der Waals surface area contributed by atoms with Crippen molar-refractivity contribution in [2.75, 3.05) is 12.4 Å². The van der Waals surface area contributed by atoms with Crippen molar-refractivity contribution < 1.29 is 9.84 Å². The van der Waals surface area contributed by atoms with E-state index in [1.807, 2.05) is 54.6 Å². The number of methoxy groups -OCH3 is 1. The third-order valence-electron chi connectivity index (χ3n) is 3.06. The Kier molecular flexibility index (Phi) is 5.08. The van der Waals surface area contributed by atoms with E-state index in [-0.39, 0.29) is 6.04 Å². The fraction of sp³-hybridized carbons (Fsp3) is 0.263. The molecule has 3 heteroatoms. The van der Waals surface area contributed by atoms with Crippen molar-refractivity contribution in [2.24, 2.45) is 0 Å². The predicted octanol–water partition coefficient (Wildman–Crippen LogP) is 3.62. The van der Waals surface area contributed by atoms with Gasteiger partial charge in [0.25, 0.3) is 0 Å². The Hall–Kier alpha value is -2.44. The van der Waals surface area contributed by atoms with Crippen LogP contribution in [0.1, 0.15) is 25.5 Å². The van der Waals surface area contributed by atoms with Crippen LogP contribution in [0.5, 0.6) is 5.75 Å². The van der Waals surface area contributed by atoms with Crippen molar-refractivity contribution in [1.82, 2.24) is 0 Å². The summed E-state index contributed by atoms with van der Waals surface area (Å²) in [5.41, 5.74) is 0.976. The molecule has 1 atom stereocenters. The molecule has 0 saturated heterocycles. The van der Waals surface area contributed by atoms with Crippen LogP contribution >= 0.6 is 0 Å². The van der Waals surface area contributed by atoms with Crippen molar-refractivity contribution in [1.29, 1.82) is 0 Å². The van der Waals surface area contributed by atoms with Crippen LogP contribution in [0.25, 0.3) is 0 Å². The number of aliphatic hydroxyl groups is 1. The van der Waals surface area contributed by atoms with E-state index in [0.717, 1.165) is 17.0 Å². The van der Waals surface area contributed by atoms with Gasteiger partial charge in [0.15, 0.2) is 0 Å². The van der Waals surface area contributed by atoms with Crippen molar-refractivity contribution in [2.45, 2.75) is 25.5 Å². The standard InChI is InChI=1S/C19H21NO2/c1-19(2,21)14-13-18(15-7-5-4-6-8-15)20-16-9-11-17(22-3)12-10-16/h4-12,18,20-21H,1-3H3. The highest BCUT2D eigenvalue weighted by Crippen LogP contribution is 2.21. The molecule has 0 saturated carbocycles. The van der Waals surface area contributed by atoms with Gasteiger partial charge in [0.2, 0.25) is 0 Å². The molecule has 2 aromatic carbocycles. The van der Waals surface area contributed by atoms with Gasteiger partial charge in [-0.1, -0.05) is 42.2 Å². The van der Waals surface area contributed by atoms with E-state index >= 15 is 0 Å². The van der Waals surface area contributed by atoms with Crippen LogP contribution in [0, 0.1) is 11.8 Å². The maximum atomic E-state index is 9.83. The third-order valence-corrected chi connectivity index (χ3v) is 3.06. The highest BCUT2D eigenvalue weighted by atomic mass is 16.5. The molecule has 2 N–H and O–H groups in total. The maximum Gasteiger partial charge on any atom is 0.120 e. The molecule has 0 bridgehead atoms. The van der Waals surface area contributed by atoms with E-state index in [9.17, 15) is 5.11 Å². The molecule has 0 aromatic heterocycles. The van der Waals surface area contributed by atoms with Gasteiger partial charge in [-0.2, -0.15) is 0 Å². The number of hydrogen-bond acceptors (Lipinski definition) is 3. The topological polar surface area (TPSA) is 41.5 Å². The number of nitrogens with one attached hydrogen (secondary N) is 1. The Labute approximate surface area is 131 Å². The quantitative estimate of drug-likeness (QED) is 0.846. The molecule has 0 spiro atoms. The summed E-state index contributed by atoms with van der Waals surface area (Å²) >= 11 is 0. The molecule has 114 valence electrons. The second kappa shape index (κ2) is 7.02. The second-order valence-electron chi connectivity index (χ2n) is 5.54. The summed E-state index contributed by atoms with van der Waals surface area (Å²) in [4.78, 5) is 0. The molecule has 2 aromatic rings. The minimum atomic E-state index is -1.02. The predicted molar refractivity (Wildman–Crippen MR) is 89.9 cm³/mol. The first-order valence-corrected chi connectivity index (χ1v) is 7.18. The molecular formula is C19H21NO2. The molecule has 1 unspecified atom stereocenters. The smallest absolute Gasteiger partial charge is 0.120 e. The van der Waals surface area contributed by atoms with Gasteiger partial charge >= 0.3 is 0 Å². The average Bonchev–Trinajstić information content (AvgIpc) is 2.52. The Morgan fingerprint density at radius 2 is 1.68 bits per heavy atom. The van der Waals surface area contributed by atoms with Crippen LogP contribution in [-0.2, 0) is 0 Å². The van der Waals surface area contributed by atoms with Crippen LogP contribution < -0.4 is 10.1 Å². The summed E-state index contributed by atoms with van der Waals surface area (Å²) in [6.07, 6.45) is 0. The number of hydrogen-bond donors (Lipinski definition) is 2. The summed E-state index contributed by atoms with van der Waals surface area (Å²) < 4.78 is 5.16. The first kappa shape index (κ1) is 15.9. The summed E-state index contributed by atoms with van der Waals surface area (Å²) in [6.45, 7) is 3.35. The SMILES string of the molecule is COc1ccc(NC(C#CC(C)(C)O)c2ccccc2)cc1. The summed E-state index contributed by atoms with van der Waals surface area (Å²) in [5.74, 6) is 6.80. The fourth-order valence-corrected chi connectivity index (χ4v) is 1.95. The lowest BCUT2D eigenvalue weighted by Gasteiger charge is -2.16. The molecule has 0 aliphatic rings. The van der Waals surface area contributed by atoms with Crippen LogP contribution in [0.4, 0.5) is 5.69 Å². The molecule has 0 heterocycles. The maximum absolute atomic E-state index is 9.83. The van der Waals surface area contributed by atoms with Crippen LogP contribution in [0.3, 0.4) is 0 Å². The van der Waals surface area contributed by atoms with Crippen LogP contribution in [0.2, 0.25) is 0 Å². The van der Waals surface area contributed by atoms with Crippen LogP contribution in [0.15, 0.2) is 54.6 Å². The van der Waals surface area contributed by atoms with Gasteiger partial charge in [-0.3, -0.25) is 0 Å². The summed E-state index contributed by atoms with van der Waals surface area (Å²) in [5, 5.41) is 13.2. The lowest BCUT2D eigenvalue weighted by Crippen LogP contribution is -2.16. The van der Waals surface area contributed by atoms with Crippen molar-refractivity contribution in [3.8, 4) is 17.6 Å². The highest BCUT2D eigenvalue weighted by Gasteiger charge is 2.11. The van der Waals surface area contributed by atoms with E-state index in [4.69, 9.17) is 4.74 Å². The first-order valence-electron chi connectivity index (χ1n) is 7.18. The van der Waals surface area contributed by atoms with Gasteiger partial charge in [-0.05, 0) is 43.7 Å². The van der Waals surface area contributed by atoms with Crippen molar-refractivity contribution in [3.05, 3.63) is 60.2 Å². The molecule has 0 aliphatic heterocycles. The largest absolute Gasteiger partial charge is 0.497 e. The number of ether oxygens (including phenoxy) is 1. The molecular weight excluding hydrogens is 274 g/mol. The number of anilines is 1. The molecule has 0 radical (unpaired) electrons. The zero-order valence-corrected chi connectivity index (χ0v) is 13.1. The molecule has 0 aliphatic carbocycles. The van der Waals surface area contributed by atoms with E-state index < -0.39 is 5.60 Å². The van der Waals surface area contributed by atoms with Gasteiger partial charge in [0, 0.05) is 5.69 Å². The Bertz CT molecular complexity index is 646. The Morgan fingerprint density at radius 3 is 2.23 bits per heavy atom. The van der Waals surface area contributed by atoms with E-state index in [1.165, 1.54) is 0 Å². The van der Waals surface area contributed by atoms with Crippen molar-refractivity contribution >= 4 is 5.69 Å². The van der Waals surface area contributed by atoms with Gasteiger partial charge < -0.3 is 15.2 Å². The fourth-order valence-electron chi connectivity index (χ4n) is 1.95. The zero-order chi connectivity index (χ0) is 16.0. The van der Waals surface area contributed by atoms with Gasteiger partial charge in [-0.25, -0.2) is 0 Å². The molecule has 3 nitrogen and oxygen atoms in total. The molecule has 2 rings (SSSR count). The molecule has 0 amide bonds. The molecule has 22 heavy (non-hydrogen) atoms. The molecule has 0 fully saturated rings. The summed E-state index contributed by atoms with van der Waals surface area (Å²) in [7, 11) is 1.64. The van der Waals surface area contributed by atoms with Gasteiger partial charge in [0.1, 0.15) is 17.4 Å². The van der Waals surface area contributed by atoms with Gasteiger partial charge in [0.05, 0.1) is 7.11 Å². The zero-order valence-electron chi connectivity index (χ0n) is 13.1. The monoisotopic (exact) mass is 295 g/mol. The van der Waals surface area contributed by atoms with E-state index in [0.29, 0.717) is 0 Å². The summed E-state index contributed by atoms with van der Waals surface area (Å²) in [6, 6.07) is 17.4. The highest BCUT2D eigenvalue weighted by molar-refractivity contribution is 5.50. The normalized spacial score (nSPS) is 12.0. The van der Waals surface area contributed by atoms with E-state index in [1.54, 1.807) is 21.0 Å². The van der Waals surface area contributed by atoms with E-state index in [2.05, 4.69) is 17.2 Å². The van der Waals surface area contributed by atoms with Gasteiger partial charge in [-0.15, -0.1) is 0 Å². The lowest BCUT2D eigenvalue weighted by atomic mass is 10.0. The minimum Gasteiger partial charge on any atom is -0.497 e. The lowest BCUT2D eigenvalue weighted by molar-refractivity contribution is 0.143. The van der Waals surface area contributed by atoms with Crippen LogP contribution in [-0.4, -0.2) is 17.8 Å². The average molecular weight is 295 g/mol. The third kappa shape index (κ3) is 4.83.